The van der Waals surface area contributed by atoms with E-state index in [9.17, 15) is 49.5 Å². The van der Waals surface area contributed by atoms with Gasteiger partial charge in [-0.2, -0.15) is 26.3 Å². The van der Waals surface area contributed by atoms with Crippen LogP contribution in [0.3, 0.4) is 0 Å². The Balaban J connectivity index is 2.19. The summed E-state index contributed by atoms with van der Waals surface area (Å²) in [6.07, 6.45) is -14.1. The number of alkyl halides is 8. The largest absolute Gasteiger partial charge is 0.460 e. The first-order valence-corrected chi connectivity index (χ1v) is 13.3. The zero-order chi connectivity index (χ0) is 31.8. The number of rotatable bonds is 9. The molecule has 0 unspecified atom stereocenters. The van der Waals surface area contributed by atoms with Crippen molar-refractivity contribution in [2.24, 2.45) is 0 Å². The molecule has 1 saturated heterocycles. The van der Waals surface area contributed by atoms with Crippen LogP contribution in [-0.2, 0) is 14.9 Å². The SMILES string of the molecule is C[C@H]1CCCN1C(=O)c1nc(C(=O)NCC(C)(C)OC=O)sc1-c1ccc(C(C)(C(F)(F)F)C(F)(F)F)cc1C(F)F. The highest BCUT2D eigenvalue weighted by Crippen LogP contribution is 2.53. The number of carbonyl (C=O) groups excluding carboxylic acids is 3. The van der Waals surface area contributed by atoms with Crippen molar-refractivity contribution in [2.75, 3.05) is 13.1 Å². The second-order valence-corrected chi connectivity index (χ2v) is 11.6. The number of carbonyl (C=O) groups is 3. The Morgan fingerprint density at radius 2 is 1.76 bits per heavy atom. The molecule has 16 heteroatoms. The first kappa shape index (κ1) is 33.2. The fourth-order valence-corrected chi connectivity index (χ4v) is 5.43. The van der Waals surface area contributed by atoms with Crippen molar-refractivity contribution < 1.29 is 54.2 Å². The number of amides is 2. The molecule has 3 rings (SSSR count). The second kappa shape index (κ2) is 11.8. The van der Waals surface area contributed by atoms with Crippen LogP contribution in [0, 0.1) is 0 Å². The van der Waals surface area contributed by atoms with Crippen LogP contribution in [0.25, 0.3) is 10.4 Å². The predicted molar refractivity (Wildman–Crippen MR) is 135 cm³/mol. The van der Waals surface area contributed by atoms with E-state index in [4.69, 9.17) is 4.74 Å². The number of halogens is 8. The molecule has 0 aliphatic carbocycles. The molecule has 2 aromatic rings. The van der Waals surface area contributed by atoms with Crippen LogP contribution < -0.4 is 5.32 Å². The van der Waals surface area contributed by atoms with E-state index in [2.05, 4.69) is 10.3 Å². The summed E-state index contributed by atoms with van der Waals surface area (Å²) in [4.78, 5) is 42.2. The van der Waals surface area contributed by atoms with Gasteiger partial charge < -0.3 is 15.0 Å². The van der Waals surface area contributed by atoms with E-state index in [1.165, 1.54) is 18.7 Å². The van der Waals surface area contributed by atoms with Crippen molar-refractivity contribution >= 4 is 29.6 Å². The molecule has 0 spiro atoms. The number of likely N-dealkylation sites (tertiary alicyclic amines) is 1. The first-order valence-electron chi connectivity index (χ1n) is 12.5. The summed E-state index contributed by atoms with van der Waals surface area (Å²) < 4.78 is 115. The van der Waals surface area contributed by atoms with Gasteiger partial charge in [-0.3, -0.25) is 14.4 Å². The Hall–Kier alpha value is -3.30. The predicted octanol–water partition coefficient (Wildman–Crippen LogP) is 6.44. The van der Waals surface area contributed by atoms with Crippen LogP contribution in [0.4, 0.5) is 35.1 Å². The lowest BCUT2D eigenvalue weighted by Crippen LogP contribution is -2.51. The van der Waals surface area contributed by atoms with Crippen molar-refractivity contribution in [3.63, 3.8) is 0 Å². The monoisotopic (exact) mass is 629 g/mol. The smallest absolute Gasteiger partial charge is 0.406 e. The van der Waals surface area contributed by atoms with Gasteiger partial charge in [0.2, 0.25) is 0 Å². The third-order valence-electron chi connectivity index (χ3n) is 7.12. The van der Waals surface area contributed by atoms with Crippen molar-refractivity contribution in [1.82, 2.24) is 15.2 Å². The lowest BCUT2D eigenvalue weighted by atomic mass is 9.79. The first-order chi connectivity index (χ1) is 19.2. The molecule has 1 aliphatic rings. The quantitative estimate of drug-likeness (QED) is 0.255. The van der Waals surface area contributed by atoms with Gasteiger partial charge in [-0.15, -0.1) is 11.3 Å². The van der Waals surface area contributed by atoms with Gasteiger partial charge in [-0.05, 0) is 52.2 Å². The minimum atomic E-state index is -5.88. The molecule has 2 heterocycles. The van der Waals surface area contributed by atoms with Crippen LogP contribution in [0.5, 0.6) is 0 Å². The summed E-state index contributed by atoms with van der Waals surface area (Å²) in [5.74, 6) is -1.62. The van der Waals surface area contributed by atoms with Crippen molar-refractivity contribution in [2.45, 2.75) is 76.4 Å². The third-order valence-corrected chi connectivity index (χ3v) is 8.21. The molecule has 2 amide bonds. The molecule has 1 atom stereocenters. The van der Waals surface area contributed by atoms with Crippen LogP contribution in [0.2, 0.25) is 0 Å². The Morgan fingerprint density at radius 1 is 1.14 bits per heavy atom. The van der Waals surface area contributed by atoms with Gasteiger partial charge >= 0.3 is 12.4 Å². The van der Waals surface area contributed by atoms with E-state index in [0.29, 0.717) is 36.3 Å². The van der Waals surface area contributed by atoms with Crippen LogP contribution >= 0.6 is 11.3 Å². The summed E-state index contributed by atoms with van der Waals surface area (Å²) in [6.45, 7) is 4.78. The number of ether oxygens (including phenoxy) is 1. The maximum atomic E-state index is 14.3. The van der Waals surface area contributed by atoms with Gasteiger partial charge in [0.05, 0.1) is 11.4 Å². The van der Waals surface area contributed by atoms with Gasteiger partial charge in [-0.1, -0.05) is 12.1 Å². The molecule has 1 aromatic heterocycles. The topological polar surface area (TPSA) is 88.6 Å². The summed E-state index contributed by atoms with van der Waals surface area (Å²) in [6, 6.07) is 0.912. The van der Waals surface area contributed by atoms with E-state index in [1.807, 2.05) is 0 Å². The maximum absolute atomic E-state index is 14.3. The average Bonchev–Trinajstić information content (AvgIpc) is 3.51. The molecular weight excluding hydrogens is 602 g/mol. The highest BCUT2D eigenvalue weighted by molar-refractivity contribution is 7.17. The number of hydrogen-bond acceptors (Lipinski definition) is 6. The second-order valence-electron chi connectivity index (χ2n) is 10.6. The minimum Gasteiger partial charge on any atom is -0.460 e. The minimum absolute atomic E-state index is 0.118. The van der Waals surface area contributed by atoms with E-state index >= 15 is 0 Å². The molecule has 7 nitrogen and oxygen atoms in total. The third kappa shape index (κ3) is 6.37. The summed E-state index contributed by atoms with van der Waals surface area (Å²) >= 11 is 0.470. The Bertz CT molecular complexity index is 1330. The fraction of sp³-hybridized carbons (Fsp3) is 0.538. The number of benzene rings is 1. The number of nitrogens with one attached hydrogen (secondary N) is 1. The van der Waals surface area contributed by atoms with Gasteiger partial charge in [0.25, 0.3) is 24.7 Å². The number of nitrogens with zero attached hydrogens (tertiary/aromatic N) is 2. The molecule has 1 aliphatic heterocycles. The molecule has 0 bridgehead atoms. The van der Waals surface area contributed by atoms with E-state index in [1.54, 1.807) is 6.92 Å². The highest BCUT2D eigenvalue weighted by atomic mass is 32.1. The van der Waals surface area contributed by atoms with Crippen LogP contribution in [0.15, 0.2) is 18.2 Å². The van der Waals surface area contributed by atoms with Gasteiger partial charge in [0.1, 0.15) is 11.3 Å². The van der Waals surface area contributed by atoms with Gasteiger partial charge in [0, 0.05) is 23.7 Å². The van der Waals surface area contributed by atoms with Gasteiger partial charge in [-0.25, -0.2) is 13.8 Å². The summed E-state index contributed by atoms with van der Waals surface area (Å²) in [7, 11) is 0. The normalized spacial score (nSPS) is 16.6. The standard InChI is InChI=1S/C26H27F8N3O4S/c1-13-6-5-9-37(13)22(40)17-18(42-21(36-17)20(39)35-11-23(2,3)41-12-38)15-8-7-14(10-16(15)19(27)28)24(4,25(29,30)31)26(32,33)34/h7-8,10,12-13,19H,5-6,9,11H2,1-4H3,(H,35,39)/t13-/m0/s1. The van der Waals surface area contributed by atoms with E-state index in [-0.39, 0.29) is 48.5 Å². The molecule has 1 aromatic carbocycles. The van der Waals surface area contributed by atoms with Crippen molar-refractivity contribution in [3.8, 4) is 10.4 Å². The molecule has 0 radical (unpaired) electrons. The Morgan fingerprint density at radius 3 is 2.26 bits per heavy atom. The molecular formula is C26H27F8N3O4S. The molecule has 42 heavy (non-hydrogen) atoms. The van der Waals surface area contributed by atoms with Crippen LogP contribution in [-0.4, -0.2) is 65.3 Å². The Labute approximate surface area is 239 Å². The summed E-state index contributed by atoms with van der Waals surface area (Å²) in [5, 5.41) is 2.05. The lowest BCUT2D eigenvalue weighted by molar-refractivity contribution is -0.297. The maximum Gasteiger partial charge on any atom is 0.406 e. The Kier molecular flexibility index (Phi) is 9.30. The zero-order valence-corrected chi connectivity index (χ0v) is 23.6. The molecule has 1 fully saturated rings. The molecule has 0 saturated carbocycles. The van der Waals surface area contributed by atoms with Crippen molar-refractivity contribution in [1.29, 1.82) is 0 Å². The molecule has 232 valence electrons. The van der Waals surface area contributed by atoms with E-state index < -0.39 is 64.0 Å². The van der Waals surface area contributed by atoms with Gasteiger partial charge in [0.15, 0.2) is 10.4 Å². The van der Waals surface area contributed by atoms with Crippen molar-refractivity contribution in [3.05, 3.63) is 40.0 Å². The lowest BCUT2D eigenvalue weighted by Gasteiger charge is -2.34. The fourth-order valence-electron chi connectivity index (χ4n) is 4.41. The highest BCUT2D eigenvalue weighted by Gasteiger charge is 2.68. The zero-order valence-electron chi connectivity index (χ0n) is 22.8. The summed E-state index contributed by atoms with van der Waals surface area (Å²) in [5.41, 5.74) is -9.29. The number of aromatic nitrogens is 1. The van der Waals surface area contributed by atoms with E-state index in [0.717, 1.165) is 0 Å². The molecule has 1 N–H and O–H groups in total. The number of thiazole rings is 1. The number of hydrogen-bond donors (Lipinski definition) is 1. The average molecular weight is 630 g/mol. The van der Waals surface area contributed by atoms with Crippen LogP contribution in [0.1, 0.15) is 78.4 Å².